The van der Waals surface area contributed by atoms with Crippen molar-refractivity contribution in [3.05, 3.63) is 11.7 Å². The molecule has 0 saturated carbocycles. The van der Waals surface area contributed by atoms with Crippen LogP contribution >= 0.6 is 11.8 Å². The molecule has 2 rings (SSSR count). The first-order chi connectivity index (χ1) is 8.16. The number of hydrogen-bond acceptors (Lipinski definition) is 5. The Bertz CT molecular complexity index is 391. The van der Waals surface area contributed by atoms with Crippen molar-refractivity contribution in [1.82, 2.24) is 10.1 Å². The third-order valence-corrected chi connectivity index (χ3v) is 3.89. The smallest absolute Gasteiger partial charge is 0.296 e. The number of aromatic nitrogens is 2. The summed E-state index contributed by atoms with van der Waals surface area (Å²) in [6.45, 7) is 0. The van der Waals surface area contributed by atoms with Crippen molar-refractivity contribution in [2.45, 2.75) is 37.4 Å². The molecule has 1 atom stereocenters. The van der Waals surface area contributed by atoms with Gasteiger partial charge >= 0.3 is 0 Å². The molecule has 0 bridgehead atoms. The second-order valence-electron chi connectivity index (χ2n) is 3.85. The van der Waals surface area contributed by atoms with E-state index in [1.54, 1.807) is 11.8 Å². The molecule has 0 amide bonds. The highest BCUT2D eigenvalue weighted by Gasteiger charge is 2.24. The van der Waals surface area contributed by atoms with Gasteiger partial charge in [0.05, 0.1) is 11.7 Å². The Morgan fingerprint density at radius 1 is 1.53 bits per heavy atom. The van der Waals surface area contributed by atoms with Gasteiger partial charge in [-0.15, -0.1) is 0 Å². The first kappa shape index (κ1) is 12.5. The fourth-order valence-corrected chi connectivity index (χ4v) is 2.87. The van der Waals surface area contributed by atoms with Crippen LogP contribution in [-0.2, 0) is 11.2 Å². The molecule has 0 spiro atoms. The molecular formula is C10H12F2N2O2S. The monoisotopic (exact) mass is 262 g/mol. The minimum Gasteiger partial charge on any atom is -0.339 e. The summed E-state index contributed by atoms with van der Waals surface area (Å²) >= 11 is 1.74. The summed E-state index contributed by atoms with van der Waals surface area (Å²) < 4.78 is 28.9. The second kappa shape index (κ2) is 5.57. The molecule has 1 aliphatic heterocycles. The fraction of sp³-hybridized carbons (Fsp3) is 0.700. The number of hydrogen-bond donors (Lipinski definition) is 0. The Labute approximate surface area is 101 Å². The number of ketones is 1. The minimum absolute atomic E-state index is 0.0172. The average Bonchev–Trinajstić information content (AvgIpc) is 2.78. The zero-order chi connectivity index (χ0) is 12.3. The quantitative estimate of drug-likeness (QED) is 0.834. The SMILES string of the molecule is O=C(Cc1nc(C2CCCCS2)no1)C(F)F. The van der Waals surface area contributed by atoms with Gasteiger partial charge in [-0.05, 0) is 18.6 Å². The number of carbonyl (C=O) groups is 1. The van der Waals surface area contributed by atoms with E-state index in [4.69, 9.17) is 4.52 Å². The molecule has 17 heavy (non-hydrogen) atoms. The number of alkyl halides is 2. The van der Waals surface area contributed by atoms with Gasteiger partial charge in [0.15, 0.2) is 5.82 Å². The minimum atomic E-state index is -2.98. The predicted octanol–water partition coefficient (Wildman–Crippen LogP) is 2.40. The van der Waals surface area contributed by atoms with Crippen LogP contribution in [0.25, 0.3) is 0 Å². The van der Waals surface area contributed by atoms with Crippen LogP contribution in [0.5, 0.6) is 0 Å². The molecule has 94 valence electrons. The number of carbonyl (C=O) groups excluding carboxylic acids is 1. The predicted molar refractivity (Wildman–Crippen MR) is 58.1 cm³/mol. The molecule has 0 aromatic carbocycles. The zero-order valence-corrected chi connectivity index (χ0v) is 9.88. The van der Waals surface area contributed by atoms with Crippen molar-refractivity contribution in [3.63, 3.8) is 0 Å². The number of rotatable bonds is 4. The first-order valence-electron chi connectivity index (χ1n) is 5.42. The van der Waals surface area contributed by atoms with Crippen molar-refractivity contribution in [3.8, 4) is 0 Å². The van der Waals surface area contributed by atoms with E-state index in [-0.39, 0.29) is 11.1 Å². The average molecular weight is 262 g/mol. The summed E-state index contributed by atoms with van der Waals surface area (Å²) in [7, 11) is 0. The van der Waals surface area contributed by atoms with Gasteiger partial charge in [0, 0.05) is 0 Å². The molecular weight excluding hydrogens is 250 g/mol. The van der Waals surface area contributed by atoms with Crippen LogP contribution in [0.4, 0.5) is 8.78 Å². The van der Waals surface area contributed by atoms with Gasteiger partial charge in [-0.25, -0.2) is 8.78 Å². The number of thioether (sulfide) groups is 1. The van der Waals surface area contributed by atoms with Crippen LogP contribution in [0, 0.1) is 0 Å². The zero-order valence-electron chi connectivity index (χ0n) is 9.07. The molecule has 1 aromatic rings. The van der Waals surface area contributed by atoms with Gasteiger partial charge in [0.25, 0.3) is 6.43 Å². The van der Waals surface area contributed by atoms with Gasteiger partial charge in [-0.2, -0.15) is 16.7 Å². The van der Waals surface area contributed by atoms with Crippen molar-refractivity contribution < 1.29 is 18.1 Å². The van der Waals surface area contributed by atoms with E-state index in [9.17, 15) is 13.6 Å². The summed E-state index contributed by atoms with van der Waals surface area (Å²) in [5.74, 6) is 0.365. The van der Waals surface area contributed by atoms with E-state index < -0.39 is 18.6 Å². The molecule has 7 heteroatoms. The Kier molecular flexibility index (Phi) is 4.09. The Morgan fingerprint density at radius 3 is 3.00 bits per heavy atom. The molecule has 4 nitrogen and oxygen atoms in total. The standard InChI is InChI=1S/C10H12F2N2O2S/c11-9(12)6(15)5-8-13-10(14-16-8)7-3-1-2-4-17-7/h7,9H,1-5H2. The largest absolute Gasteiger partial charge is 0.339 e. The van der Waals surface area contributed by atoms with Gasteiger partial charge in [0.1, 0.15) is 0 Å². The maximum atomic E-state index is 12.0. The third-order valence-electron chi connectivity index (χ3n) is 2.52. The summed E-state index contributed by atoms with van der Waals surface area (Å²) in [5.41, 5.74) is 0. The molecule has 1 unspecified atom stereocenters. The lowest BCUT2D eigenvalue weighted by molar-refractivity contribution is -0.129. The highest BCUT2D eigenvalue weighted by atomic mass is 32.2. The van der Waals surface area contributed by atoms with E-state index in [1.807, 2.05) is 0 Å². The molecule has 0 N–H and O–H groups in total. The van der Waals surface area contributed by atoms with Crippen molar-refractivity contribution >= 4 is 17.5 Å². The van der Waals surface area contributed by atoms with Crippen LogP contribution in [0.2, 0.25) is 0 Å². The summed E-state index contributed by atoms with van der Waals surface area (Å²) in [6, 6.07) is 0. The van der Waals surface area contributed by atoms with Crippen LogP contribution in [0.1, 0.15) is 36.2 Å². The summed E-state index contributed by atoms with van der Waals surface area (Å²) in [4.78, 5) is 14.8. The lowest BCUT2D eigenvalue weighted by Crippen LogP contribution is -2.13. The highest BCUT2D eigenvalue weighted by Crippen LogP contribution is 2.36. The lowest BCUT2D eigenvalue weighted by atomic mass is 10.2. The molecule has 1 fully saturated rings. The van der Waals surface area contributed by atoms with Crippen LogP contribution in [-0.4, -0.2) is 28.1 Å². The van der Waals surface area contributed by atoms with Gasteiger partial charge in [0.2, 0.25) is 11.7 Å². The summed E-state index contributed by atoms with van der Waals surface area (Å²) in [5, 5.41) is 3.92. The van der Waals surface area contributed by atoms with Crippen LogP contribution in [0.15, 0.2) is 4.52 Å². The second-order valence-corrected chi connectivity index (χ2v) is 5.16. The van der Waals surface area contributed by atoms with E-state index in [0.29, 0.717) is 5.82 Å². The number of Topliss-reactive ketones (excluding diaryl/α,β-unsaturated/α-hetero) is 1. The fourth-order valence-electron chi connectivity index (χ4n) is 1.64. The van der Waals surface area contributed by atoms with Crippen molar-refractivity contribution in [2.24, 2.45) is 0 Å². The van der Waals surface area contributed by atoms with Gasteiger partial charge in [-0.1, -0.05) is 11.6 Å². The topological polar surface area (TPSA) is 56.0 Å². The van der Waals surface area contributed by atoms with Crippen LogP contribution < -0.4 is 0 Å². The third kappa shape index (κ3) is 3.24. The van der Waals surface area contributed by atoms with Crippen molar-refractivity contribution in [1.29, 1.82) is 0 Å². The number of nitrogens with zero attached hydrogens (tertiary/aromatic N) is 2. The van der Waals surface area contributed by atoms with Gasteiger partial charge in [-0.3, -0.25) is 4.79 Å². The van der Waals surface area contributed by atoms with E-state index in [0.717, 1.165) is 18.6 Å². The molecule has 1 aliphatic rings. The molecule has 2 heterocycles. The Morgan fingerprint density at radius 2 is 2.35 bits per heavy atom. The molecule has 0 radical (unpaired) electrons. The van der Waals surface area contributed by atoms with E-state index >= 15 is 0 Å². The maximum Gasteiger partial charge on any atom is 0.296 e. The first-order valence-corrected chi connectivity index (χ1v) is 6.46. The number of halogens is 2. The van der Waals surface area contributed by atoms with E-state index in [2.05, 4.69) is 10.1 Å². The lowest BCUT2D eigenvalue weighted by Gasteiger charge is -2.17. The highest BCUT2D eigenvalue weighted by molar-refractivity contribution is 7.99. The Balaban J connectivity index is 1.97. The molecule has 1 aromatic heterocycles. The normalized spacial score (nSPS) is 20.8. The molecule has 1 saturated heterocycles. The maximum absolute atomic E-state index is 12.0. The van der Waals surface area contributed by atoms with Gasteiger partial charge < -0.3 is 4.52 Å². The van der Waals surface area contributed by atoms with E-state index in [1.165, 1.54) is 6.42 Å². The summed E-state index contributed by atoms with van der Waals surface area (Å²) in [6.07, 6.45) is -0.212. The molecule has 0 aliphatic carbocycles. The Hall–Kier alpha value is -0.980. The van der Waals surface area contributed by atoms with Crippen molar-refractivity contribution in [2.75, 3.05) is 5.75 Å². The van der Waals surface area contributed by atoms with Crippen LogP contribution in [0.3, 0.4) is 0 Å².